The van der Waals surface area contributed by atoms with E-state index < -0.39 is 16.0 Å². The lowest BCUT2D eigenvalue weighted by Gasteiger charge is -2.18. The Morgan fingerprint density at radius 3 is 2.58 bits per heavy atom. The van der Waals surface area contributed by atoms with Crippen LogP contribution in [0.4, 0.5) is 0 Å². The summed E-state index contributed by atoms with van der Waals surface area (Å²) < 4.78 is 30.7. The summed E-state index contributed by atoms with van der Waals surface area (Å²) >= 11 is 0. The van der Waals surface area contributed by atoms with Crippen LogP contribution in [0.15, 0.2) is 29.2 Å². The molecule has 0 unspecified atom stereocenters. The van der Waals surface area contributed by atoms with Gasteiger partial charge >= 0.3 is 5.97 Å². The van der Waals surface area contributed by atoms with Crippen LogP contribution in [0, 0.1) is 0 Å². The van der Waals surface area contributed by atoms with Crippen LogP contribution in [0.1, 0.15) is 17.3 Å². The van der Waals surface area contributed by atoms with Crippen LogP contribution in [0.25, 0.3) is 0 Å². The molecule has 0 fully saturated rings. The monoisotopic (exact) mass is 287 g/mol. The van der Waals surface area contributed by atoms with Crippen molar-refractivity contribution in [1.82, 2.24) is 4.31 Å². The number of nitrogens with zero attached hydrogens (tertiary/aromatic N) is 1. The standard InChI is InChI=1S/C12H17NO5S/c1-3-18-9-8-13(2)19(16,17)11-7-5-4-6-10(11)12(14)15/h4-7H,3,8-9H2,1-2H3,(H,14,15). The Morgan fingerprint density at radius 1 is 1.37 bits per heavy atom. The molecule has 1 N–H and O–H groups in total. The molecule has 0 amide bonds. The third-order valence-electron chi connectivity index (χ3n) is 2.56. The second-order valence-corrected chi connectivity index (χ2v) is 5.84. The van der Waals surface area contributed by atoms with Gasteiger partial charge in [-0.15, -0.1) is 0 Å². The van der Waals surface area contributed by atoms with Crippen LogP contribution in [-0.4, -0.2) is 50.6 Å². The Balaban J connectivity index is 3.03. The Morgan fingerprint density at radius 2 is 2.00 bits per heavy atom. The Hall–Kier alpha value is -1.44. The van der Waals surface area contributed by atoms with Crippen LogP contribution in [-0.2, 0) is 14.8 Å². The first-order valence-corrected chi connectivity index (χ1v) is 7.21. The number of ether oxygens (including phenoxy) is 1. The predicted molar refractivity (Wildman–Crippen MR) is 69.7 cm³/mol. The number of rotatable bonds is 7. The van der Waals surface area contributed by atoms with E-state index in [4.69, 9.17) is 9.84 Å². The fourth-order valence-corrected chi connectivity index (χ4v) is 2.83. The van der Waals surface area contributed by atoms with Gasteiger partial charge in [-0.05, 0) is 19.1 Å². The van der Waals surface area contributed by atoms with Crippen molar-refractivity contribution in [3.05, 3.63) is 29.8 Å². The second-order valence-electron chi connectivity index (χ2n) is 3.82. The summed E-state index contributed by atoms with van der Waals surface area (Å²) in [5.41, 5.74) is -0.231. The number of carbonyl (C=O) groups is 1. The fraction of sp³-hybridized carbons (Fsp3) is 0.417. The number of hydrogen-bond donors (Lipinski definition) is 1. The van der Waals surface area contributed by atoms with Gasteiger partial charge in [-0.2, -0.15) is 4.31 Å². The average molecular weight is 287 g/mol. The number of sulfonamides is 1. The maximum absolute atomic E-state index is 12.3. The van der Waals surface area contributed by atoms with Crippen molar-refractivity contribution >= 4 is 16.0 Å². The van der Waals surface area contributed by atoms with E-state index in [1.807, 2.05) is 6.92 Å². The van der Waals surface area contributed by atoms with Gasteiger partial charge in [0.25, 0.3) is 0 Å². The quantitative estimate of drug-likeness (QED) is 0.758. The van der Waals surface area contributed by atoms with E-state index >= 15 is 0 Å². The molecule has 1 aromatic carbocycles. The van der Waals surface area contributed by atoms with Crippen LogP contribution in [0.5, 0.6) is 0 Å². The number of likely N-dealkylation sites (N-methyl/N-ethyl adjacent to an activating group) is 1. The summed E-state index contributed by atoms with van der Waals surface area (Å²) in [6, 6.07) is 5.54. The fourth-order valence-electron chi connectivity index (χ4n) is 1.49. The van der Waals surface area contributed by atoms with Crippen LogP contribution < -0.4 is 0 Å². The number of hydrogen-bond acceptors (Lipinski definition) is 4. The molecule has 0 spiro atoms. The van der Waals surface area contributed by atoms with Crippen molar-refractivity contribution in [1.29, 1.82) is 0 Å². The zero-order valence-corrected chi connectivity index (χ0v) is 11.7. The molecule has 0 aliphatic heterocycles. The van der Waals surface area contributed by atoms with E-state index in [0.29, 0.717) is 6.61 Å². The van der Waals surface area contributed by atoms with Crippen LogP contribution in [0.2, 0.25) is 0 Å². The van der Waals surface area contributed by atoms with Gasteiger partial charge in [-0.25, -0.2) is 13.2 Å². The SMILES string of the molecule is CCOCCN(C)S(=O)(=O)c1ccccc1C(=O)O. The summed E-state index contributed by atoms with van der Waals surface area (Å²) in [7, 11) is -2.43. The van der Waals surface area contributed by atoms with Gasteiger partial charge in [0.2, 0.25) is 10.0 Å². The van der Waals surface area contributed by atoms with Crippen molar-refractivity contribution in [2.45, 2.75) is 11.8 Å². The molecule has 106 valence electrons. The lowest BCUT2D eigenvalue weighted by atomic mass is 10.2. The molecule has 0 aliphatic carbocycles. The van der Waals surface area contributed by atoms with Crippen molar-refractivity contribution in [3.63, 3.8) is 0 Å². The Kier molecular flexibility index (Phi) is 5.46. The highest BCUT2D eigenvalue weighted by molar-refractivity contribution is 7.89. The third-order valence-corrected chi connectivity index (χ3v) is 4.48. The number of benzene rings is 1. The van der Waals surface area contributed by atoms with Crippen molar-refractivity contribution in [2.75, 3.05) is 26.8 Å². The van der Waals surface area contributed by atoms with Crippen molar-refractivity contribution < 1.29 is 23.1 Å². The largest absolute Gasteiger partial charge is 0.478 e. The maximum Gasteiger partial charge on any atom is 0.337 e. The number of aromatic carboxylic acids is 1. The van der Waals surface area contributed by atoms with E-state index in [1.165, 1.54) is 31.3 Å². The van der Waals surface area contributed by atoms with E-state index in [2.05, 4.69) is 0 Å². The highest BCUT2D eigenvalue weighted by atomic mass is 32.2. The van der Waals surface area contributed by atoms with E-state index in [9.17, 15) is 13.2 Å². The average Bonchev–Trinajstić information content (AvgIpc) is 2.38. The molecule has 0 saturated carbocycles. The molecule has 7 heteroatoms. The van der Waals surface area contributed by atoms with Crippen LogP contribution >= 0.6 is 0 Å². The van der Waals surface area contributed by atoms with Crippen LogP contribution in [0.3, 0.4) is 0 Å². The van der Waals surface area contributed by atoms with Gasteiger partial charge < -0.3 is 9.84 Å². The molecule has 0 aromatic heterocycles. The second kappa shape index (κ2) is 6.65. The van der Waals surface area contributed by atoms with Crippen molar-refractivity contribution in [3.8, 4) is 0 Å². The zero-order chi connectivity index (χ0) is 14.5. The number of carboxylic acid groups (broad SMARTS) is 1. The van der Waals surface area contributed by atoms with Gasteiger partial charge in [0.15, 0.2) is 0 Å². The topological polar surface area (TPSA) is 83.9 Å². The highest BCUT2D eigenvalue weighted by Crippen LogP contribution is 2.19. The lowest BCUT2D eigenvalue weighted by molar-refractivity contribution is 0.0692. The molecular weight excluding hydrogens is 270 g/mol. The zero-order valence-electron chi connectivity index (χ0n) is 10.9. The normalized spacial score (nSPS) is 11.7. The molecule has 19 heavy (non-hydrogen) atoms. The number of carboxylic acids is 1. The molecule has 0 aliphatic rings. The van der Waals surface area contributed by atoms with Gasteiger partial charge in [-0.1, -0.05) is 12.1 Å². The maximum atomic E-state index is 12.3. The molecule has 0 radical (unpaired) electrons. The minimum absolute atomic E-state index is 0.171. The smallest absolute Gasteiger partial charge is 0.337 e. The lowest BCUT2D eigenvalue weighted by Crippen LogP contribution is -2.31. The van der Waals surface area contributed by atoms with E-state index in [0.717, 1.165) is 4.31 Å². The molecule has 0 atom stereocenters. The molecule has 0 saturated heterocycles. The van der Waals surface area contributed by atoms with Gasteiger partial charge in [-0.3, -0.25) is 0 Å². The Bertz CT molecular complexity index is 541. The molecule has 0 bridgehead atoms. The van der Waals surface area contributed by atoms with Gasteiger partial charge in [0, 0.05) is 20.2 Å². The molecular formula is C12H17NO5S. The first-order chi connectivity index (χ1) is 8.91. The van der Waals surface area contributed by atoms with Crippen molar-refractivity contribution in [2.24, 2.45) is 0 Å². The summed E-state index contributed by atoms with van der Waals surface area (Å²) in [4.78, 5) is 10.8. The van der Waals surface area contributed by atoms with E-state index in [-0.39, 0.29) is 23.6 Å². The highest BCUT2D eigenvalue weighted by Gasteiger charge is 2.25. The third kappa shape index (κ3) is 3.76. The Labute approximate surface area is 112 Å². The predicted octanol–water partition coefficient (Wildman–Crippen LogP) is 1.04. The summed E-state index contributed by atoms with van der Waals surface area (Å²) in [5.74, 6) is -1.27. The molecule has 0 heterocycles. The molecule has 6 nitrogen and oxygen atoms in total. The molecule has 1 aromatic rings. The first kappa shape index (κ1) is 15.6. The van der Waals surface area contributed by atoms with Gasteiger partial charge in [0.1, 0.15) is 0 Å². The molecule has 1 rings (SSSR count). The minimum atomic E-state index is -3.82. The first-order valence-electron chi connectivity index (χ1n) is 5.77. The minimum Gasteiger partial charge on any atom is -0.478 e. The van der Waals surface area contributed by atoms with E-state index in [1.54, 1.807) is 0 Å². The summed E-state index contributed by atoms with van der Waals surface area (Å²) in [6.07, 6.45) is 0. The summed E-state index contributed by atoms with van der Waals surface area (Å²) in [6.45, 7) is 2.75. The van der Waals surface area contributed by atoms with Gasteiger partial charge in [0.05, 0.1) is 17.1 Å². The summed E-state index contributed by atoms with van der Waals surface area (Å²) in [5, 5.41) is 9.02.